The molecule has 1 aliphatic heterocycles. The van der Waals surface area contributed by atoms with E-state index in [1.807, 2.05) is 6.07 Å². The summed E-state index contributed by atoms with van der Waals surface area (Å²) < 4.78 is 13.6. The number of nitrogens with two attached hydrogens (primary N) is 1. The molecule has 5 rings (SSSR count). The van der Waals surface area contributed by atoms with Crippen molar-refractivity contribution in [3.8, 4) is 17.0 Å². The van der Waals surface area contributed by atoms with Crippen LogP contribution in [0.15, 0.2) is 461 Å². The van der Waals surface area contributed by atoms with Crippen molar-refractivity contribution in [2.75, 3.05) is 70.5 Å². The van der Waals surface area contributed by atoms with E-state index in [0.717, 1.165) is 60.7 Å². The maximum absolute atomic E-state index is 6.49. The maximum Gasteiger partial charge on any atom is 0.227 e. The van der Waals surface area contributed by atoms with Gasteiger partial charge in [0.1, 0.15) is 12.3 Å². The predicted octanol–water partition coefficient (Wildman–Crippen LogP) is 20.0. The molecular formula is C30H41N89O2. The quantitative estimate of drug-likeness (QED) is 0.0142. The minimum absolute atomic E-state index is 0.419. The molecule has 1 aliphatic rings. The molecule has 0 atom stereocenters. The van der Waals surface area contributed by atoms with E-state index in [4.69, 9.17) is 31.3 Å². The normalized spacial score (nSPS) is 14.6. The summed E-state index contributed by atoms with van der Waals surface area (Å²) in [6, 6.07) is 10.6. The van der Waals surface area contributed by atoms with Crippen molar-refractivity contribution < 1.29 is 9.47 Å². The average molecular weight is 1680 g/mol. The molecule has 0 spiro atoms. The molecule has 0 saturated carbocycles. The monoisotopic (exact) mass is 1680 g/mol. The number of aryl methyl sites for hydroxylation is 3. The molecule has 0 radical (unpaired) electrons. The molecule has 4 aromatic rings. The summed E-state index contributed by atoms with van der Waals surface area (Å²) in [5, 5.41) is 242. The lowest BCUT2D eigenvalue weighted by Crippen LogP contribution is -2.29. The highest BCUT2D eigenvalue weighted by molar-refractivity contribution is 5.98. The van der Waals surface area contributed by atoms with Gasteiger partial charge in [-0.1, -0.05) is 18.2 Å². The Bertz CT molecular complexity index is 4840. The number of hydrogen-bond acceptors (Lipinski definition) is 10. The second kappa shape index (κ2) is 66.7. The third-order valence-electron chi connectivity index (χ3n) is 10.5. The number of likely N-dealkylation sites (N-methyl/N-ethyl adjacent to an activating group) is 2. The Hall–Kier alpha value is -20.2. The van der Waals surface area contributed by atoms with Gasteiger partial charge in [-0.15, -0.1) is 0 Å². The zero-order valence-corrected chi connectivity index (χ0v) is 60.4. The van der Waals surface area contributed by atoms with E-state index in [-0.39, 0.29) is 0 Å². The number of benzene rings is 2. The number of nitrogens with zero attached hydrogens (tertiary/aromatic N) is 85. The highest BCUT2D eigenvalue weighted by Gasteiger charge is 2.22. The largest absolute Gasteiger partial charge is 0.487 e. The van der Waals surface area contributed by atoms with Crippen molar-refractivity contribution in [1.29, 1.82) is 11.1 Å². The average Bonchev–Trinajstić information content (AvgIpc) is 1.61. The Labute approximate surface area is 658 Å². The number of anilines is 4. The van der Waals surface area contributed by atoms with Gasteiger partial charge < -0.3 is 34.9 Å². The van der Waals surface area contributed by atoms with Gasteiger partial charge in [0.2, 0.25) is 5.95 Å². The van der Waals surface area contributed by atoms with Crippen LogP contribution >= 0.6 is 0 Å². The van der Waals surface area contributed by atoms with E-state index >= 15 is 0 Å². The van der Waals surface area contributed by atoms with Crippen molar-refractivity contribution in [1.82, 2.24) is 19.4 Å². The second-order valence-electron chi connectivity index (χ2n) is 17.7. The number of nitrogens with one attached hydrogen (secondary N) is 3. The zero-order valence-electron chi connectivity index (χ0n) is 60.4. The first-order valence-corrected chi connectivity index (χ1v) is 29.7. The van der Waals surface area contributed by atoms with Crippen LogP contribution in [0.2, 0.25) is 0 Å². The van der Waals surface area contributed by atoms with Crippen molar-refractivity contribution in [3.63, 3.8) is 0 Å². The highest BCUT2D eigenvalue weighted by atomic mass is 16.5. The standard InChI is InChI=1S/C30H39N7O2.H2N82/c1-20-16-26(36(4)13-12-35(2)3)24(31)17-25(20)33-30-32-18-27(39-15-14-38-5)28(34-30)23-19-37-11-7-9-21-8-6-10-22(23)29(21)37;1-3-5-7-9-11-13-15-17-19-21-23-25-27-29-31-33-35-37-39-41-43-45-47-49-51-53-55-57-59-61-63-65-67-69-71-73-75-77-79-81-82-80-78-76-74-72-70-68-66-64-62-60-58-56-54-52-50-48-46-44-42-40-38-36-34-32-30-28-26-24-22-20-18-16-14-12-10-8-6-4-2/h6,8,10,16-19H,7,9,11-15,31H2,1-5H3,(H,32,33,34);1-2H/b;3-1?,4-2?,7-5+,8-6+,11-9+,12-10+,15-13+,16-14+,19-17+,20-18+,23-21+,24-22+,27-25+,28-26+,31-29+,32-30+,35-33+,36-34+,39-37+,40-38+,43-41+,44-42+,47-45+,48-46+,51-49+,52-50+,55-53+,56-54+,59-57+,60-58+,63-61+,64-62+,67-65+,68-66+,71-69+,72-70+,75-73+,76-74+,79-77+,80-78+,82-81+. The number of rotatable bonds is 51. The number of aromatic nitrogens is 3. The van der Waals surface area contributed by atoms with Gasteiger partial charge in [0.05, 0.1) is 29.7 Å². The lowest BCUT2D eigenvalue weighted by atomic mass is 10.0. The van der Waals surface area contributed by atoms with Crippen LogP contribution in [0, 0.1) is 18.0 Å². The van der Waals surface area contributed by atoms with Gasteiger partial charge in [0.15, 0.2) is 5.75 Å². The summed E-state index contributed by atoms with van der Waals surface area (Å²) in [5.74, 6) is 1.13. The molecule has 91 nitrogen and oxygen atoms in total. The molecule has 3 heterocycles. The fourth-order valence-electron chi connectivity index (χ4n) is 6.57. The molecule has 0 saturated heterocycles. The van der Waals surface area contributed by atoms with E-state index in [0.29, 0.717) is 30.6 Å². The van der Waals surface area contributed by atoms with Gasteiger partial charge >= 0.3 is 0 Å². The Morgan fingerprint density at radius 3 is 0.983 bits per heavy atom. The van der Waals surface area contributed by atoms with Crippen LogP contribution in [0.3, 0.4) is 0 Å². The van der Waals surface area contributed by atoms with Crippen LogP contribution in [0.25, 0.3) is 22.2 Å². The number of ether oxygens (including phenoxy) is 2. The topological polar surface area (TPSA) is 1130 Å². The van der Waals surface area contributed by atoms with E-state index < -0.39 is 0 Å². The molecule has 91 heteroatoms. The van der Waals surface area contributed by atoms with E-state index in [2.05, 4.69) is 501 Å². The minimum Gasteiger partial charge on any atom is -0.487 e. The Kier molecular flexibility index (Phi) is 51.4. The Morgan fingerprint density at radius 1 is 0.405 bits per heavy atom. The Balaban J connectivity index is 0.000000645. The fraction of sp³-hybridized carbons (Fsp3) is 0.400. The first-order valence-electron chi connectivity index (χ1n) is 29.7. The summed E-state index contributed by atoms with van der Waals surface area (Å²) >= 11 is 0. The second-order valence-corrected chi connectivity index (χ2v) is 17.7. The van der Waals surface area contributed by atoms with Gasteiger partial charge in [0, 0.05) is 391 Å². The van der Waals surface area contributed by atoms with Crippen LogP contribution in [0.4, 0.5) is 23.0 Å². The molecule has 618 valence electrons. The molecule has 5 N–H and O–H groups in total. The number of methoxy groups -OCH3 is 1. The molecule has 2 aromatic carbocycles. The minimum atomic E-state index is 0.419. The predicted molar refractivity (Wildman–Crippen MR) is 359 cm³/mol. The number of para-hydroxylation sites is 1. The van der Waals surface area contributed by atoms with E-state index in [9.17, 15) is 0 Å². The van der Waals surface area contributed by atoms with Crippen LogP contribution < -0.4 is 20.7 Å². The van der Waals surface area contributed by atoms with Crippen LogP contribution in [0.5, 0.6) is 5.75 Å². The summed E-state index contributed by atoms with van der Waals surface area (Å²) in [6.45, 7) is 5.80. The lowest BCUT2D eigenvalue weighted by molar-refractivity contribution is 0.146. The molecule has 0 unspecified atom stereocenters. The third-order valence-corrected chi connectivity index (χ3v) is 10.5. The van der Waals surface area contributed by atoms with Crippen LogP contribution in [-0.2, 0) is 17.7 Å². The molecular weight excluding hydrogens is 1640 g/mol. The summed E-state index contributed by atoms with van der Waals surface area (Å²) in [7, 11) is 7.87. The van der Waals surface area contributed by atoms with Gasteiger partial charge in [-0.3, -0.25) is 0 Å². The van der Waals surface area contributed by atoms with Crippen LogP contribution in [-0.4, -0.2) is 74.0 Å². The van der Waals surface area contributed by atoms with Crippen molar-refractivity contribution in [3.05, 3.63) is 53.9 Å². The fourth-order valence-corrected chi connectivity index (χ4v) is 6.57. The highest BCUT2D eigenvalue weighted by Crippen LogP contribution is 2.39. The van der Waals surface area contributed by atoms with Crippen molar-refractivity contribution in [2.45, 2.75) is 26.3 Å². The maximum atomic E-state index is 6.49. The van der Waals surface area contributed by atoms with E-state index in [1.54, 1.807) is 13.3 Å². The molecule has 0 aliphatic carbocycles. The molecule has 0 fully saturated rings. The first-order chi connectivity index (χ1) is 59.8. The van der Waals surface area contributed by atoms with Crippen molar-refractivity contribution >= 4 is 33.9 Å². The van der Waals surface area contributed by atoms with Gasteiger partial charge in [0.25, 0.3) is 0 Å². The SMILES string of the molecule is COCCOc1cnc(Nc2cc(N)c(N(C)CCN(C)C)cc2C)nc1-c1cn2c3c(cccc13)CCC2.N=N/N=N/N=N/N=N/N=N/N=N/N=N/N=N/N=N/N=N/N=N/N=N/N=N/N=N/N=N/N=N/N=N/N=N/N=N/N=N/N=N/N=N/N=N/N=N/N=N/N=N/N=N/N=N/N=N/N=N/N=N/N=N/N=N/N=N/N=N/N=N/N=N/N=N/N=N/N=N/N=N. The van der Waals surface area contributed by atoms with Crippen LogP contribution in [0.1, 0.15) is 17.5 Å². The van der Waals surface area contributed by atoms with Gasteiger partial charge in [-0.05, 0) is 141 Å². The van der Waals surface area contributed by atoms with Gasteiger partial charge in [-0.25, -0.2) is 9.97 Å². The molecule has 121 heavy (non-hydrogen) atoms. The molecule has 2 aromatic heterocycles. The summed E-state index contributed by atoms with van der Waals surface area (Å²) in [5.41, 5.74) is 27.1. The third kappa shape index (κ3) is 47.5. The number of nitrogen functional groups attached to an aromatic ring is 1. The summed E-state index contributed by atoms with van der Waals surface area (Å²) in [4.78, 5) is 13.9. The smallest absolute Gasteiger partial charge is 0.227 e. The van der Waals surface area contributed by atoms with Crippen molar-refractivity contribution in [2.24, 2.45) is 418 Å². The molecule has 0 amide bonds. The number of hydrogen-bond donors (Lipinski definition) is 4. The Morgan fingerprint density at radius 2 is 0.702 bits per heavy atom. The molecule has 0 bridgehead atoms. The van der Waals surface area contributed by atoms with E-state index in [1.165, 1.54) is 16.5 Å². The first kappa shape index (κ1) is 93.2. The van der Waals surface area contributed by atoms with Gasteiger partial charge in [-0.2, -0.15) is 11.1 Å². The lowest BCUT2D eigenvalue weighted by Gasteiger charge is -2.24. The summed E-state index contributed by atoms with van der Waals surface area (Å²) in [6.07, 6.45) is 6.17. The zero-order chi connectivity index (χ0) is 86.1.